The Hall–Kier alpha value is -1.85. The van der Waals surface area contributed by atoms with E-state index in [0.29, 0.717) is 0 Å². The van der Waals surface area contributed by atoms with E-state index >= 15 is 0 Å². The van der Waals surface area contributed by atoms with Gasteiger partial charge in [-0.2, -0.15) is 0 Å². The van der Waals surface area contributed by atoms with Crippen LogP contribution in [0.15, 0.2) is 52.8 Å². The molecular weight excluding hydrogens is 328 g/mol. The SMILES string of the molecule is CN=C(NCC(C)(C)NC(C)c1ccccc1)NC(C)c1cccs1. The van der Waals surface area contributed by atoms with Crippen molar-refractivity contribution in [1.82, 2.24) is 16.0 Å². The molecule has 3 N–H and O–H groups in total. The van der Waals surface area contributed by atoms with Gasteiger partial charge in [-0.05, 0) is 44.7 Å². The molecule has 0 bridgehead atoms. The number of guanidine groups is 1. The Morgan fingerprint density at radius 1 is 1.08 bits per heavy atom. The Labute approximate surface area is 155 Å². The second kappa shape index (κ2) is 9.02. The summed E-state index contributed by atoms with van der Waals surface area (Å²) < 4.78 is 0. The smallest absolute Gasteiger partial charge is 0.191 e. The Balaban J connectivity index is 1.86. The minimum Gasteiger partial charge on any atom is -0.355 e. The second-order valence-corrected chi connectivity index (χ2v) is 7.95. The van der Waals surface area contributed by atoms with Crippen LogP contribution in [0.1, 0.15) is 50.2 Å². The average molecular weight is 359 g/mol. The lowest BCUT2D eigenvalue weighted by atomic mass is 10.0. The zero-order valence-electron chi connectivity index (χ0n) is 15.8. The van der Waals surface area contributed by atoms with E-state index in [1.54, 1.807) is 11.3 Å². The molecule has 0 aliphatic rings. The summed E-state index contributed by atoms with van der Waals surface area (Å²) in [5, 5.41) is 12.7. The van der Waals surface area contributed by atoms with Gasteiger partial charge in [-0.25, -0.2) is 0 Å². The number of thiophene rings is 1. The van der Waals surface area contributed by atoms with Gasteiger partial charge >= 0.3 is 0 Å². The molecule has 0 fully saturated rings. The third-order valence-electron chi connectivity index (χ3n) is 4.15. The van der Waals surface area contributed by atoms with Crippen molar-refractivity contribution in [2.75, 3.05) is 13.6 Å². The average Bonchev–Trinajstić information content (AvgIpc) is 3.13. The summed E-state index contributed by atoms with van der Waals surface area (Å²) >= 11 is 1.76. The molecule has 0 saturated carbocycles. The molecule has 0 aliphatic carbocycles. The molecule has 1 aromatic heterocycles. The summed E-state index contributed by atoms with van der Waals surface area (Å²) in [6, 6.07) is 15.3. The van der Waals surface area contributed by atoms with Crippen molar-refractivity contribution in [3.63, 3.8) is 0 Å². The van der Waals surface area contributed by atoms with Gasteiger partial charge in [-0.15, -0.1) is 11.3 Å². The molecule has 5 heteroatoms. The van der Waals surface area contributed by atoms with Gasteiger partial charge in [0.1, 0.15) is 0 Å². The van der Waals surface area contributed by atoms with Gasteiger partial charge < -0.3 is 16.0 Å². The maximum atomic E-state index is 4.35. The molecule has 136 valence electrons. The number of nitrogens with one attached hydrogen (secondary N) is 3. The third-order valence-corrected chi connectivity index (χ3v) is 5.21. The molecule has 0 amide bonds. The maximum Gasteiger partial charge on any atom is 0.191 e. The number of aliphatic imine (C=N–C) groups is 1. The molecule has 2 rings (SSSR count). The molecule has 0 spiro atoms. The van der Waals surface area contributed by atoms with Gasteiger partial charge in [-0.3, -0.25) is 4.99 Å². The number of rotatable bonds is 7. The molecule has 1 heterocycles. The monoisotopic (exact) mass is 358 g/mol. The molecular formula is C20H30N4S. The first kappa shape index (κ1) is 19.5. The van der Waals surface area contributed by atoms with Gasteiger partial charge in [0.05, 0.1) is 6.04 Å². The predicted molar refractivity (Wildman–Crippen MR) is 109 cm³/mol. The van der Waals surface area contributed by atoms with Crippen molar-refractivity contribution in [3.05, 3.63) is 58.3 Å². The molecule has 0 saturated heterocycles. The van der Waals surface area contributed by atoms with Crippen LogP contribution in [-0.4, -0.2) is 25.1 Å². The van der Waals surface area contributed by atoms with Gasteiger partial charge in [0.2, 0.25) is 0 Å². The number of hydrogen-bond acceptors (Lipinski definition) is 3. The van der Waals surface area contributed by atoms with Crippen LogP contribution in [0.25, 0.3) is 0 Å². The van der Waals surface area contributed by atoms with E-state index in [1.807, 2.05) is 13.1 Å². The molecule has 1 aromatic carbocycles. The highest BCUT2D eigenvalue weighted by atomic mass is 32.1. The first-order valence-electron chi connectivity index (χ1n) is 8.74. The lowest BCUT2D eigenvalue weighted by molar-refractivity contribution is 0.344. The Bertz CT molecular complexity index is 650. The quantitative estimate of drug-likeness (QED) is 0.516. The summed E-state index contributed by atoms with van der Waals surface area (Å²) in [4.78, 5) is 5.65. The van der Waals surface area contributed by atoms with Gasteiger partial charge in [-0.1, -0.05) is 36.4 Å². The zero-order chi connectivity index (χ0) is 18.3. The van der Waals surface area contributed by atoms with Crippen LogP contribution in [0, 0.1) is 0 Å². The van der Waals surface area contributed by atoms with Crippen LogP contribution in [-0.2, 0) is 0 Å². The molecule has 25 heavy (non-hydrogen) atoms. The highest BCUT2D eigenvalue weighted by Gasteiger charge is 2.21. The minimum atomic E-state index is -0.0704. The molecule has 4 nitrogen and oxygen atoms in total. The lowest BCUT2D eigenvalue weighted by Crippen LogP contribution is -2.52. The van der Waals surface area contributed by atoms with Crippen molar-refractivity contribution in [3.8, 4) is 0 Å². The molecule has 2 atom stereocenters. The van der Waals surface area contributed by atoms with Crippen LogP contribution < -0.4 is 16.0 Å². The fourth-order valence-electron chi connectivity index (χ4n) is 2.78. The highest BCUT2D eigenvalue weighted by Crippen LogP contribution is 2.18. The number of hydrogen-bond donors (Lipinski definition) is 3. The van der Waals surface area contributed by atoms with E-state index < -0.39 is 0 Å². The first-order chi connectivity index (χ1) is 11.9. The van der Waals surface area contributed by atoms with Crippen molar-refractivity contribution in [2.45, 2.75) is 45.3 Å². The van der Waals surface area contributed by atoms with E-state index in [2.05, 4.69) is 90.4 Å². The van der Waals surface area contributed by atoms with Crippen molar-refractivity contribution >= 4 is 17.3 Å². The number of benzene rings is 1. The predicted octanol–water partition coefficient (Wildman–Crippen LogP) is 4.10. The normalized spacial score (nSPS) is 14.8. The number of nitrogens with zero attached hydrogens (tertiary/aromatic N) is 1. The summed E-state index contributed by atoms with van der Waals surface area (Å²) in [5.41, 5.74) is 1.23. The highest BCUT2D eigenvalue weighted by molar-refractivity contribution is 7.10. The molecule has 2 aromatic rings. The fourth-order valence-corrected chi connectivity index (χ4v) is 3.51. The minimum absolute atomic E-state index is 0.0704. The Kier molecular flexibility index (Phi) is 7.02. The topological polar surface area (TPSA) is 48.5 Å². The molecule has 0 radical (unpaired) electrons. The van der Waals surface area contributed by atoms with Crippen LogP contribution in [0.5, 0.6) is 0 Å². The van der Waals surface area contributed by atoms with Crippen LogP contribution in [0.2, 0.25) is 0 Å². The standard InChI is InChI=1S/C20H30N4S/c1-15(17-10-7-6-8-11-17)24-20(3,4)14-22-19(21-5)23-16(2)18-12-9-13-25-18/h6-13,15-16,24H,14H2,1-5H3,(H2,21,22,23). The maximum absolute atomic E-state index is 4.35. The van der Waals surface area contributed by atoms with E-state index in [-0.39, 0.29) is 17.6 Å². The summed E-state index contributed by atoms with van der Waals surface area (Å²) in [6.07, 6.45) is 0. The lowest BCUT2D eigenvalue weighted by Gasteiger charge is -2.31. The van der Waals surface area contributed by atoms with Crippen molar-refractivity contribution < 1.29 is 0 Å². The molecule has 0 aliphatic heterocycles. The van der Waals surface area contributed by atoms with E-state index in [0.717, 1.165) is 12.5 Å². The fraction of sp³-hybridized carbons (Fsp3) is 0.450. The van der Waals surface area contributed by atoms with Crippen LogP contribution in [0.3, 0.4) is 0 Å². The zero-order valence-corrected chi connectivity index (χ0v) is 16.7. The Morgan fingerprint density at radius 3 is 2.40 bits per heavy atom. The van der Waals surface area contributed by atoms with E-state index in [4.69, 9.17) is 0 Å². The van der Waals surface area contributed by atoms with Gasteiger partial charge in [0.25, 0.3) is 0 Å². The second-order valence-electron chi connectivity index (χ2n) is 6.97. The molecule has 2 unspecified atom stereocenters. The summed E-state index contributed by atoms with van der Waals surface area (Å²) in [7, 11) is 1.81. The summed E-state index contributed by atoms with van der Waals surface area (Å²) in [6.45, 7) is 9.54. The van der Waals surface area contributed by atoms with Crippen LogP contribution >= 0.6 is 11.3 Å². The largest absolute Gasteiger partial charge is 0.355 e. The first-order valence-corrected chi connectivity index (χ1v) is 9.62. The third kappa shape index (κ3) is 6.18. The Morgan fingerprint density at radius 2 is 1.80 bits per heavy atom. The van der Waals surface area contributed by atoms with Gasteiger partial charge in [0.15, 0.2) is 5.96 Å². The van der Waals surface area contributed by atoms with Gasteiger partial charge in [0, 0.05) is 30.1 Å². The van der Waals surface area contributed by atoms with Crippen molar-refractivity contribution in [1.29, 1.82) is 0 Å². The van der Waals surface area contributed by atoms with Crippen LogP contribution in [0.4, 0.5) is 0 Å². The van der Waals surface area contributed by atoms with Crippen molar-refractivity contribution in [2.24, 2.45) is 4.99 Å². The van der Waals surface area contributed by atoms with E-state index in [9.17, 15) is 0 Å². The van der Waals surface area contributed by atoms with E-state index in [1.165, 1.54) is 10.4 Å². The summed E-state index contributed by atoms with van der Waals surface area (Å²) in [5.74, 6) is 0.822.